The number of nitrogens with one attached hydrogen (secondary N) is 2. The van der Waals surface area contributed by atoms with Gasteiger partial charge in [0, 0.05) is 46.7 Å². The highest BCUT2D eigenvalue weighted by Crippen LogP contribution is 2.24. The van der Waals surface area contributed by atoms with Crippen LogP contribution in [0, 0.1) is 0 Å². The van der Waals surface area contributed by atoms with Crippen LogP contribution in [0.25, 0.3) is 0 Å². The molecule has 2 N–H and O–H groups in total. The number of carbonyl (C=O) groups excluding carboxylic acids is 2. The van der Waals surface area contributed by atoms with Crippen LogP contribution in [0.3, 0.4) is 0 Å². The van der Waals surface area contributed by atoms with Gasteiger partial charge in [0.2, 0.25) is 5.91 Å². The topological polar surface area (TPSA) is 77.6 Å². The Labute approximate surface area is 159 Å². The van der Waals surface area contributed by atoms with E-state index in [1.54, 1.807) is 24.2 Å². The molecule has 0 bridgehead atoms. The molecule has 3 rings (SSSR count). The Balaban J connectivity index is 1.89. The summed E-state index contributed by atoms with van der Waals surface area (Å²) < 4.78 is 0. The molecule has 1 aromatic heterocycles. The zero-order valence-electron chi connectivity index (χ0n) is 15.7. The molecule has 0 atom stereocenters. The summed E-state index contributed by atoms with van der Waals surface area (Å²) in [6.45, 7) is 5.22. The Morgan fingerprint density at radius 3 is 2.59 bits per heavy atom. The van der Waals surface area contributed by atoms with Crippen molar-refractivity contribution < 1.29 is 9.59 Å². The fraction of sp³-hybridized carbons (Fsp3) is 0.350. The number of aromatic nitrogens is 1. The lowest BCUT2D eigenvalue weighted by Gasteiger charge is -2.30. The molecule has 1 aliphatic rings. The van der Waals surface area contributed by atoms with E-state index < -0.39 is 0 Å². The minimum Gasteiger partial charge on any atom is -0.353 e. The number of hydrogen-bond acceptors (Lipinski definition) is 5. The molecule has 27 heavy (non-hydrogen) atoms. The average molecular weight is 367 g/mol. The third-order valence-electron chi connectivity index (χ3n) is 4.44. The molecule has 1 fully saturated rings. The van der Waals surface area contributed by atoms with E-state index in [4.69, 9.17) is 0 Å². The van der Waals surface area contributed by atoms with Crippen LogP contribution in [0.15, 0.2) is 42.6 Å². The lowest BCUT2D eigenvalue weighted by molar-refractivity contribution is -0.114. The number of nitrogens with zero attached hydrogens (tertiary/aromatic N) is 3. The highest BCUT2D eigenvalue weighted by molar-refractivity contribution is 6.00. The Morgan fingerprint density at radius 2 is 1.93 bits per heavy atom. The second-order valence-electron chi connectivity index (χ2n) is 6.66. The third kappa shape index (κ3) is 4.83. The Bertz CT molecular complexity index is 803. The molecule has 1 aliphatic heterocycles. The van der Waals surface area contributed by atoms with E-state index in [9.17, 15) is 9.59 Å². The quantitative estimate of drug-likeness (QED) is 0.841. The maximum absolute atomic E-state index is 13.2. The van der Waals surface area contributed by atoms with Crippen LogP contribution < -0.4 is 15.5 Å². The van der Waals surface area contributed by atoms with Gasteiger partial charge in [-0.25, -0.2) is 4.98 Å². The van der Waals surface area contributed by atoms with Gasteiger partial charge in [-0.15, -0.1) is 0 Å². The molecule has 0 unspecified atom stereocenters. The largest absolute Gasteiger partial charge is 0.353 e. The molecule has 142 valence electrons. The van der Waals surface area contributed by atoms with Gasteiger partial charge in [0.1, 0.15) is 5.82 Å². The first-order valence-corrected chi connectivity index (χ1v) is 9.07. The number of piperazine rings is 1. The molecule has 0 aliphatic carbocycles. The molecule has 2 heterocycles. The molecule has 0 saturated carbocycles. The summed E-state index contributed by atoms with van der Waals surface area (Å²) in [5.74, 6) is 0.352. The van der Waals surface area contributed by atoms with E-state index in [1.807, 2.05) is 30.3 Å². The molecule has 1 saturated heterocycles. The number of pyridine rings is 1. The van der Waals surface area contributed by atoms with Crippen molar-refractivity contribution in [2.45, 2.75) is 13.5 Å². The molecular formula is C20H25N5O2. The minimum atomic E-state index is -0.192. The molecule has 2 amide bonds. The summed E-state index contributed by atoms with van der Waals surface area (Å²) in [7, 11) is 1.78. The van der Waals surface area contributed by atoms with Crippen LogP contribution in [0.2, 0.25) is 0 Å². The molecule has 0 spiro atoms. The van der Waals surface area contributed by atoms with Gasteiger partial charge in [0.15, 0.2) is 0 Å². The molecule has 7 heteroatoms. The van der Waals surface area contributed by atoms with Gasteiger partial charge < -0.3 is 20.4 Å². The lowest BCUT2D eigenvalue weighted by atomic mass is 10.1. The Hall–Kier alpha value is -2.93. The van der Waals surface area contributed by atoms with E-state index in [0.717, 1.165) is 31.7 Å². The van der Waals surface area contributed by atoms with Crippen molar-refractivity contribution in [2.75, 3.05) is 43.4 Å². The molecule has 7 nitrogen and oxygen atoms in total. The number of hydrogen-bond donors (Lipinski definition) is 2. The second kappa shape index (κ2) is 8.64. The van der Waals surface area contributed by atoms with E-state index in [0.29, 0.717) is 23.6 Å². The third-order valence-corrected chi connectivity index (χ3v) is 4.44. The van der Waals surface area contributed by atoms with E-state index in [-0.39, 0.29) is 11.8 Å². The monoisotopic (exact) mass is 367 g/mol. The van der Waals surface area contributed by atoms with Crippen molar-refractivity contribution >= 4 is 23.3 Å². The summed E-state index contributed by atoms with van der Waals surface area (Å²) in [4.78, 5) is 32.9. The van der Waals surface area contributed by atoms with Gasteiger partial charge in [-0.1, -0.05) is 30.3 Å². The molecule has 2 aromatic rings. The zero-order chi connectivity index (χ0) is 19.2. The normalized spacial score (nSPS) is 13.9. The van der Waals surface area contributed by atoms with Gasteiger partial charge in [0.05, 0.1) is 17.4 Å². The first-order valence-electron chi connectivity index (χ1n) is 9.07. The van der Waals surface area contributed by atoms with Gasteiger partial charge >= 0.3 is 0 Å². The maximum Gasteiger partial charge on any atom is 0.257 e. The van der Waals surface area contributed by atoms with E-state index in [2.05, 4.69) is 20.5 Å². The van der Waals surface area contributed by atoms with Crippen LogP contribution >= 0.6 is 0 Å². The van der Waals surface area contributed by atoms with Crippen LogP contribution in [-0.4, -0.2) is 54.9 Å². The highest BCUT2D eigenvalue weighted by Gasteiger charge is 2.23. The number of anilines is 2. The first-order chi connectivity index (χ1) is 13.0. The zero-order valence-corrected chi connectivity index (χ0v) is 15.7. The lowest BCUT2D eigenvalue weighted by Crippen LogP contribution is -2.44. The maximum atomic E-state index is 13.2. The minimum absolute atomic E-state index is 0.118. The van der Waals surface area contributed by atoms with Gasteiger partial charge in [-0.3, -0.25) is 9.59 Å². The summed E-state index contributed by atoms with van der Waals surface area (Å²) in [6.07, 6.45) is 1.60. The van der Waals surface area contributed by atoms with Gasteiger partial charge in [-0.05, 0) is 11.6 Å². The fourth-order valence-electron chi connectivity index (χ4n) is 3.15. The van der Waals surface area contributed by atoms with Crippen molar-refractivity contribution in [2.24, 2.45) is 0 Å². The summed E-state index contributed by atoms with van der Waals surface area (Å²) in [6, 6.07) is 11.6. The van der Waals surface area contributed by atoms with Crippen molar-refractivity contribution in [3.05, 3.63) is 53.7 Å². The van der Waals surface area contributed by atoms with Crippen molar-refractivity contribution in [3.63, 3.8) is 0 Å². The van der Waals surface area contributed by atoms with Crippen LogP contribution in [0.1, 0.15) is 22.8 Å². The highest BCUT2D eigenvalue weighted by atomic mass is 16.2. The number of carbonyl (C=O) groups is 2. The van der Waals surface area contributed by atoms with Crippen LogP contribution in [0.5, 0.6) is 0 Å². The van der Waals surface area contributed by atoms with E-state index >= 15 is 0 Å². The van der Waals surface area contributed by atoms with Gasteiger partial charge in [0.25, 0.3) is 5.91 Å². The van der Waals surface area contributed by atoms with Crippen molar-refractivity contribution in [3.8, 4) is 0 Å². The smallest absolute Gasteiger partial charge is 0.257 e. The predicted octanol–water partition coefficient (Wildman–Crippen LogP) is 1.72. The number of rotatable bonds is 5. The average Bonchev–Trinajstić information content (AvgIpc) is 2.68. The Kier molecular flexibility index (Phi) is 6.03. The second-order valence-corrected chi connectivity index (χ2v) is 6.66. The van der Waals surface area contributed by atoms with Crippen LogP contribution in [-0.2, 0) is 11.3 Å². The van der Waals surface area contributed by atoms with Crippen molar-refractivity contribution in [1.29, 1.82) is 0 Å². The summed E-state index contributed by atoms with van der Waals surface area (Å²) in [5.41, 5.74) is 2.09. The van der Waals surface area contributed by atoms with Crippen molar-refractivity contribution in [1.82, 2.24) is 15.2 Å². The Morgan fingerprint density at radius 1 is 1.22 bits per heavy atom. The number of amides is 2. The standard InChI is InChI=1S/C20H25N5O2/c1-15(26)23-17-12-18(19(22-13-17)25-10-8-21-9-11-25)20(27)24(2)14-16-6-4-3-5-7-16/h3-7,12-13,21H,8-11,14H2,1-2H3,(H,23,26). The SMILES string of the molecule is CC(=O)Nc1cnc(N2CCNCC2)c(C(=O)N(C)Cc2ccccc2)c1. The van der Waals surface area contributed by atoms with Crippen LogP contribution in [0.4, 0.5) is 11.5 Å². The predicted molar refractivity (Wildman–Crippen MR) is 106 cm³/mol. The number of benzene rings is 1. The fourth-order valence-corrected chi connectivity index (χ4v) is 3.15. The summed E-state index contributed by atoms with van der Waals surface area (Å²) in [5, 5.41) is 6.02. The summed E-state index contributed by atoms with van der Waals surface area (Å²) >= 11 is 0. The first kappa shape index (κ1) is 18.8. The van der Waals surface area contributed by atoms with Gasteiger partial charge in [-0.2, -0.15) is 0 Å². The molecule has 0 radical (unpaired) electrons. The molecule has 1 aromatic carbocycles. The molecular weight excluding hydrogens is 342 g/mol. The van der Waals surface area contributed by atoms with E-state index in [1.165, 1.54) is 6.92 Å².